The third-order valence-electron chi connectivity index (χ3n) is 6.14. The van der Waals surface area contributed by atoms with Crippen LogP contribution in [0.4, 0.5) is 15.3 Å². The second-order valence-electron chi connectivity index (χ2n) is 8.70. The molecule has 10 heteroatoms. The molecule has 4 N–H and O–H groups in total. The highest BCUT2D eigenvalue weighted by molar-refractivity contribution is 5.95. The minimum atomic E-state index is -1.19. The Labute approximate surface area is 221 Å². The van der Waals surface area contributed by atoms with Gasteiger partial charge in [0.05, 0.1) is 7.11 Å². The fourth-order valence-corrected chi connectivity index (χ4v) is 4.13. The van der Waals surface area contributed by atoms with E-state index in [1.54, 1.807) is 31.4 Å². The first-order valence-corrected chi connectivity index (χ1v) is 12.2. The van der Waals surface area contributed by atoms with Gasteiger partial charge in [-0.3, -0.25) is 14.6 Å². The van der Waals surface area contributed by atoms with Gasteiger partial charge in [-0.25, -0.2) is 9.59 Å². The predicted octanol–water partition coefficient (Wildman–Crippen LogP) is 3.28. The van der Waals surface area contributed by atoms with E-state index in [9.17, 15) is 14.4 Å². The van der Waals surface area contributed by atoms with Crippen LogP contribution in [0.5, 0.6) is 5.75 Å². The standard InChI is InChI=1S/C28H31N5O5/c1-37-24-12-10-23(11-13-24)31-27(35)32-14-15-33(28(36)38-19-20-6-3-2-4-7-20)26(32)25(34)30-18-22-9-5-8-21(16-22)17-29/h2-13,16,26H,14-15,17-19,29H2,1H3,(H,30,34)(H,31,35). The molecule has 3 aromatic rings. The molecule has 0 aromatic heterocycles. The van der Waals surface area contributed by atoms with Crippen molar-refractivity contribution in [3.05, 3.63) is 95.6 Å². The number of hydrogen-bond donors (Lipinski definition) is 3. The molecular weight excluding hydrogens is 486 g/mol. The number of nitrogens with one attached hydrogen (secondary N) is 2. The van der Waals surface area contributed by atoms with E-state index in [2.05, 4.69) is 10.6 Å². The smallest absolute Gasteiger partial charge is 0.412 e. The number of urea groups is 1. The molecule has 1 fully saturated rings. The van der Waals surface area contributed by atoms with Crippen LogP contribution in [0, 0.1) is 0 Å². The lowest BCUT2D eigenvalue weighted by molar-refractivity contribution is -0.128. The zero-order valence-electron chi connectivity index (χ0n) is 21.1. The topological polar surface area (TPSA) is 126 Å². The summed E-state index contributed by atoms with van der Waals surface area (Å²) in [6.07, 6.45) is -1.87. The van der Waals surface area contributed by atoms with E-state index in [0.717, 1.165) is 16.7 Å². The Balaban J connectivity index is 1.48. The first-order chi connectivity index (χ1) is 18.5. The second-order valence-corrected chi connectivity index (χ2v) is 8.70. The molecule has 0 radical (unpaired) electrons. The Morgan fingerprint density at radius 3 is 2.29 bits per heavy atom. The first-order valence-electron chi connectivity index (χ1n) is 12.2. The third kappa shape index (κ3) is 6.60. The van der Waals surface area contributed by atoms with E-state index in [1.165, 1.54) is 9.80 Å². The molecular formula is C28H31N5O5. The highest BCUT2D eigenvalue weighted by Gasteiger charge is 2.43. The number of anilines is 1. The fraction of sp³-hybridized carbons (Fsp3) is 0.250. The summed E-state index contributed by atoms with van der Waals surface area (Å²) in [6.45, 7) is 0.941. The van der Waals surface area contributed by atoms with Crippen molar-refractivity contribution >= 4 is 23.7 Å². The average Bonchev–Trinajstić information content (AvgIpc) is 3.41. The maximum Gasteiger partial charge on any atom is 0.412 e. The van der Waals surface area contributed by atoms with Crippen molar-refractivity contribution in [2.45, 2.75) is 25.9 Å². The molecule has 38 heavy (non-hydrogen) atoms. The zero-order valence-corrected chi connectivity index (χ0v) is 21.1. The highest BCUT2D eigenvalue weighted by atomic mass is 16.6. The van der Waals surface area contributed by atoms with Gasteiger partial charge >= 0.3 is 12.1 Å². The third-order valence-corrected chi connectivity index (χ3v) is 6.14. The van der Waals surface area contributed by atoms with Gasteiger partial charge < -0.3 is 25.8 Å². The summed E-state index contributed by atoms with van der Waals surface area (Å²) >= 11 is 0. The van der Waals surface area contributed by atoms with Crippen LogP contribution in [0.15, 0.2) is 78.9 Å². The van der Waals surface area contributed by atoms with Crippen LogP contribution in [-0.2, 0) is 29.2 Å². The molecule has 0 saturated carbocycles. The van der Waals surface area contributed by atoms with Gasteiger partial charge in [-0.05, 0) is 41.0 Å². The molecule has 1 unspecified atom stereocenters. The number of methoxy groups -OCH3 is 1. The van der Waals surface area contributed by atoms with Gasteiger partial charge in [0.15, 0.2) is 6.17 Å². The maximum absolute atomic E-state index is 13.4. The summed E-state index contributed by atoms with van der Waals surface area (Å²) in [5.41, 5.74) is 8.85. The Hall–Kier alpha value is -4.57. The van der Waals surface area contributed by atoms with Crippen molar-refractivity contribution < 1.29 is 23.9 Å². The lowest BCUT2D eigenvalue weighted by Gasteiger charge is -2.28. The van der Waals surface area contributed by atoms with Crippen LogP contribution in [0.1, 0.15) is 16.7 Å². The summed E-state index contributed by atoms with van der Waals surface area (Å²) in [7, 11) is 1.55. The quantitative estimate of drug-likeness (QED) is 0.421. The molecule has 198 valence electrons. The summed E-state index contributed by atoms with van der Waals surface area (Å²) in [6, 6.07) is 23.1. The lowest BCUT2D eigenvalue weighted by Crippen LogP contribution is -2.54. The number of ether oxygens (including phenoxy) is 2. The number of benzene rings is 3. The van der Waals surface area contributed by atoms with Gasteiger partial charge in [-0.2, -0.15) is 0 Å². The summed E-state index contributed by atoms with van der Waals surface area (Å²) in [4.78, 5) is 42.2. The van der Waals surface area contributed by atoms with Crippen LogP contribution < -0.4 is 21.1 Å². The van der Waals surface area contributed by atoms with Gasteiger partial charge in [0, 0.05) is 31.9 Å². The molecule has 3 aromatic carbocycles. The Kier molecular flexibility index (Phi) is 8.78. The molecule has 1 aliphatic rings. The van der Waals surface area contributed by atoms with Crippen LogP contribution >= 0.6 is 0 Å². The lowest BCUT2D eigenvalue weighted by atomic mass is 10.1. The van der Waals surface area contributed by atoms with Crippen molar-refractivity contribution in [2.24, 2.45) is 5.73 Å². The van der Waals surface area contributed by atoms with E-state index in [1.807, 2.05) is 54.6 Å². The second kappa shape index (κ2) is 12.6. The summed E-state index contributed by atoms with van der Waals surface area (Å²) in [5.74, 6) is 0.148. The number of hydrogen-bond acceptors (Lipinski definition) is 6. The van der Waals surface area contributed by atoms with Gasteiger partial charge in [0.1, 0.15) is 12.4 Å². The van der Waals surface area contributed by atoms with E-state index in [-0.39, 0.29) is 26.2 Å². The number of carbonyl (C=O) groups is 3. The Bertz CT molecular complexity index is 1250. The van der Waals surface area contributed by atoms with Gasteiger partial charge in [0.2, 0.25) is 0 Å². The summed E-state index contributed by atoms with van der Waals surface area (Å²) < 4.78 is 10.6. The van der Waals surface area contributed by atoms with E-state index >= 15 is 0 Å². The maximum atomic E-state index is 13.4. The molecule has 0 bridgehead atoms. The number of amides is 4. The molecule has 4 rings (SSSR count). The molecule has 10 nitrogen and oxygen atoms in total. The predicted molar refractivity (Wildman–Crippen MR) is 142 cm³/mol. The molecule has 1 aliphatic heterocycles. The van der Waals surface area contributed by atoms with Crippen LogP contribution in [0.25, 0.3) is 0 Å². The highest BCUT2D eigenvalue weighted by Crippen LogP contribution is 2.21. The average molecular weight is 518 g/mol. The molecule has 4 amide bonds. The van der Waals surface area contributed by atoms with Crippen molar-refractivity contribution in [1.82, 2.24) is 15.1 Å². The van der Waals surface area contributed by atoms with Crippen molar-refractivity contribution in [2.75, 3.05) is 25.5 Å². The minimum absolute atomic E-state index is 0.0500. The zero-order chi connectivity index (χ0) is 26.9. The van der Waals surface area contributed by atoms with E-state index < -0.39 is 24.2 Å². The molecule has 0 spiro atoms. The van der Waals surface area contributed by atoms with Gasteiger partial charge in [0.25, 0.3) is 5.91 Å². The number of carbonyl (C=O) groups excluding carboxylic acids is 3. The molecule has 1 saturated heterocycles. The molecule has 1 atom stereocenters. The number of rotatable bonds is 8. The monoisotopic (exact) mass is 517 g/mol. The van der Waals surface area contributed by atoms with Crippen molar-refractivity contribution in [3.63, 3.8) is 0 Å². The minimum Gasteiger partial charge on any atom is -0.497 e. The van der Waals surface area contributed by atoms with Crippen molar-refractivity contribution in [1.29, 1.82) is 0 Å². The molecule has 1 heterocycles. The Morgan fingerprint density at radius 1 is 0.895 bits per heavy atom. The number of nitrogens with zero attached hydrogens (tertiary/aromatic N) is 2. The summed E-state index contributed by atoms with van der Waals surface area (Å²) in [5, 5.41) is 5.63. The van der Waals surface area contributed by atoms with E-state index in [0.29, 0.717) is 18.0 Å². The first kappa shape index (κ1) is 26.5. The SMILES string of the molecule is COc1ccc(NC(=O)N2CCN(C(=O)OCc3ccccc3)C2C(=O)NCc2cccc(CN)c2)cc1. The fourth-order valence-electron chi connectivity index (χ4n) is 4.13. The largest absolute Gasteiger partial charge is 0.497 e. The van der Waals surface area contributed by atoms with Crippen LogP contribution in [0.2, 0.25) is 0 Å². The van der Waals surface area contributed by atoms with E-state index in [4.69, 9.17) is 15.2 Å². The van der Waals surface area contributed by atoms with Gasteiger partial charge in [-0.15, -0.1) is 0 Å². The molecule has 0 aliphatic carbocycles. The Morgan fingerprint density at radius 2 is 1.58 bits per heavy atom. The normalized spacial score (nSPS) is 14.6. The van der Waals surface area contributed by atoms with Crippen molar-refractivity contribution in [3.8, 4) is 5.75 Å². The van der Waals surface area contributed by atoms with Crippen LogP contribution in [0.3, 0.4) is 0 Å². The van der Waals surface area contributed by atoms with Gasteiger partial charge in [-0.1, -0.05) is 54.6 Å². The number of nitrogens with two attached hydrogens (primary N) is 1. The van der Waals surface area contributed by atoms with Crippen LogP contribution in [-0.4, -0.2) is 54.2 Å².